The summed E-state index contributed by atoms with van der Waals surface area (Å²) in [6.45, 7) is 0. The minimum Gasteiger partial charge on any atom is -0.355 e. The fourth-order valence-corrected chi connectivity index (χ4v) is 2.41. The number of anilines is 1. The van der Waals surface area contributed by atoms with E-state index in [9.17, 15) is 19.7 Å². The zero-order valence-electron chi connectivity index (χ0n) is 11.0. The van der Waals surface area contributed by atoms with Gasteiger partial charge < -0.3 is 10.6 Å². The van der Waals surface area contributed by atoms with Gasteiger partial charge in [0.1, 0.15) is 5.00 Å². The zero-order valence-corrected chi connectivity index (χ0v) is 11.8. The molecule has 0 fully saturated rings. The fraction of sp³-hybridized carbons (Fsp3) is 0.0769. The number of carbonyl (C=O) groups excluding carboxylic acids is 2. The highest BCUT2D eigenvalue weighted by atomic mass is 32.1. The van der Waals surface area contributed by atoms with Gasteiger partial charge in [-0.3, -0.25) is 19.7 Å². The van der Waals surface area contributed by atoms with Crippen LogP contribution >= 0.6 is 11.3 Å². The SMILES string of the molecule is CNC(=O)c1ccsc1NC(=O)c1ccc([N+](=O)[O-])cc1. The molecule has 108 valence electrons. The molecule has 21 heavy (non-hydrogen) atoms. The molecule has 2 N–H and O–H groups in total. The largest absolute Gasteiger partial charge is 0.355 e. The first-order chi connectivity index (χ1) is 10.0. The van der Waals surface area contributed by atoms with Gasteiger partial charge in [-0.25, -0.2) is 0 Å². The third-order valence-electron chi connectivity index (χ3n) is 2.70. The highest BCUT2D eigenvalue weighted by molar-refractivity contribution is 7.14. The lowest BCUT2D eigenvalue weighted by Gasteiger charge is -2.05. The summed E-state index contributed by atoms with van der Waals surface area (Å²) in [6, 6.07) is 6.84. The first-order valence-electron chi connectivity index (χ1n) is 5.88. The Hall–Kier alpha value is -2.74. The Bertz CT molecular complexity index is 694. The Morgan fingerprint density at radius 2 is 1.81 bits per heavy atom. The van der Waals surface area contributed by atoms with Crippen molar-refractivity contribution in [2.45, 2.75) is 0 Å². The quantitative estimate of drug-likeness (QED) is 0.668. The summed E-state index contributed by atoms with van der Waals surface area (Å²) in [5, 5.41) is 17.8. The summed E-state index contributed by atoms with van der Waals surface area (Å²) >= 11 is 1.22. The molecule has 1 aromatic heterocycles. The van der Waals surface area contributed by atoms with Crippen molar-refractivity contribution in [3.8, 4) is 0 Å². The lowest BCUT2D eigenvalue weighted by Crippen LogP contribution is -2.20. The first-order valence-corrected chi connectivity index (χ1v) is 6.76. The Morgan fingerprint density at radius 3 is 2.38 bits per heavy atom. The lowest BCUT2D eigenvalue weighted by molar-refractivity contribution is -0.384. The second-order valence-electron chi connectivity index (χ2n) is 4.00. The molecular weight excluding hydrogens is 294 g/mol. The van der Waals surface area contributed by atoms with E-state index >= 15 is 0 Å². The van der Waals surface area contributed by atoms with Crippen molar-refractivity contribution in [3.63, 3.8) is 0 Å². The topological polar surface area (TPSA) is 101 Å². The second-order valence-corrected chi connectivity index (χ2v) is 4.92. The molecule has 1 heterocycles. The third-order valence-corrected chi connectivity index (χ3v) is 3.53. The van der Waals surface area contributed by atoms with E-state index in [0.717, 1.165) is 0 Å². The lowest BCUT2D eigenvalue weighted by atomic mass is 10.2. The summed E-state index contributed by atoms with van der Waals surface area (Å²) in [7, 11) is 1.50. The van der Waals surface area contributed by atoms with Gasteiger partial charge in [-0.1, -0.05) is 0 Å². The van der Waals surface area contributed by atoms with Crippen LogP contribution in [0.5, 0.6) is 0 Å². The Morgan fingerprint density at radius 1 is 1.14 bits per heavy atom. The van der Waals surface area contributed by atoms with Crippen molar-refractivity contribution in [3.05, 3.63) is 57.0 Å². The van der Waals surface area contributed by atoms with Crippen LogP contribution in [0.2, 0.25) is 0 Å². The number of carbonyl (C=O) groups is 2. The maximum atomic E-state index is 12.1. The van der Waals surface area contributed by atoms with Crippen molar-refractivity contribution in [1.82, 2.24) is 5.32 Å². The average molecular weight is 305 g/mol. The number of rotatable bonds is 4. The van der Waals surface area contributed by atoms with Crippen LogP contribution in [0.25, 0.3) is 0 Å². The molecule has 0 aliphatic carbocycles. The first kappa shape index (κ1) is 14.7. The molecule has 2 rings (SSSR count). The van der Waals surface area contributed by atoms with Gasteiger partial charge in [0.2, 0.25) is 0 Å². The molecule has 0 spiro atoms. The van der Waals surface area contributed by atoms with Crippen LogP contribution in [-0.4, -0.2) is 23.8 Å². The van der Waals surface area contributed by atoms with Crippen molar-refractivity contribution in [2.24, 2.45) is 0 Å². The summed E-state index contributed by atoms with van der Waals surface area (Å²) in [4.78, 5) is 33.7. The molecule has 0 aliphatic rings. The van der Waals surface area contributed by atoms with Gasteiger partial charge in [0.15, 0.2) is 0 Å². The van der Waals surface area contributed by atoms with E-state index < -0.39 is 10.8 Å². The van der Waals surface area contributed by atoms with Crippen LogP contribution in [-0.2, 0) is 0 Å². The number of nitro groups is 1. The highest BCUT2D eigenvalue weighted by Crippen LogP contribution is 2.24. The number of nitrogens with zero attached hydrogens (tertiary/aromatic N) is 1. The molecule has 0 bridgehead atoms. The number of hydrogen-bond acceptors (Lipinski definition) is 5. The maximum absolute atomic E-state index is 12.1. The Kier molecular flexibility index (Phi) is 4.29. The Balaban J connectivity index is 2.16. The summed E-state index contributed by atoms with van der Waals surface area (Å²) in [5.74, 6) is -0.729. The monoisotopic (exact) mass is 305 g/mol. The molecular formula is C13H11N3O4S. The third kappa shape index (κ3) is 3.23. The minimum absolute atomic E-state index is 0.0891. The number of nitrogens with one attached hydrogen (secondary N) is 2. The van der Waals surface area contributed by atoms with Crippen LogP contribution < -0.4 is 10.6 Å². The standard InChI is InChI=1S/C13H11N3O4S/c1-14-12(18)10-6-7-21-13(10)15-11(17)8-2-4-9(5-3-8)16(19)20/h2-7H,1H3,(H,14,18)(H,15,17). The van der Waals surface area contributed by atoms with E-state index in [1.54, 1.807) is 11.4 Å². The van der Waals surface area contributed by atoms with Crippen LogP contribution in [0.1, 0.15) is 20.7 Å². The Labute approximate surface area is 123 Å². The average Bonchev–Trinajstić information content (AvgIpc) is 2.94. The number of amides is 2. The molecule has 0 atom stereocenters. The summed E-state index contributed by atoms with van der Waals surface area (Å²) in [5.41, 5.74) is 0.559. The van der Waals surface area contributed by atoms with Gasteiger partial charge in [0.05, 0.1) is 10.5 Å². The molecule has 1 aromatic carbocycles. The van der Waals surface area contributed by atoms with Crippen molar-refractivity contribution in [1.29, 1.82) is 0 Å². The van der Waals surface area contributed by atoms with E-state index in [-0.39, 0.29) is 17.2 Å². The van der Waals surface area contributed by atoms with Gasteiger partial charge in [-0.2, -0.15) is 0 Å². The minimum atomic E-state index is -0.537. The molecule has 8 heteroatoms. The fourth-order valence-electron chi connectivity index (χ4n) is 1.63. The van der Waals surface area contributed by atoms with Crippen LogP contribution in [0.3, 0.4) is 0 Å². The number of nitro benzene ring substituents is 1. The van der Waals surface area contributed by atoms with Gasteiger partial charge in [-0.15, -0.1) is 11.3 Å². The number of thiophene rings is 1. The van der Waals surface area contributed by atoms with Gasteiger partial charge in [-0.05, 0) is 23.6 Å². The molecule has 0 aliphatic heterocycles. The molecule has 0 unspecified atom stereocenters. The predicted molar refractivity (Wildman–Crippen MR) is 78.8 cm³/mol. The second kappa shape index (κ2) is 6.14. The van der Waals surface area contributed by atoms with E-state index in [1.165, 1.54) is 42.6 Å². The molecule has 0 saturated heterocycles. The molecule has 2 aromatic rings. The summed E-state index contributed by atoms with van der Waals surface area (Å²) < 4.78 is 0. The van der Waals surface area contributed by atoms with Crippen LogP contribution in [0, 0.1) is 10.1 Å². The number of hydrogen-bond donors (Lipinski definition) is 2. The molecule has 0 radical (unpaired) electrons. The predicted octanol–water partition coefficient (Wildman–Crippen LogP) is 2.27. The number of benzene rings is 1. The molecule has 7 nitrogen and oxygen atoms in total. The van der Waals surface area contributed by atoms with Crippen LogP contribution in [0.4, 0.5) is 10.7 Å². The van der Waals surface area contributed by atoms with Gasteiger partial charge in [0, 0.05) is 24.7 Å². The molecule has 2 amide bonds. The zero-order chi connectivity index (χ0) is 15.4. The van der Waals surface area contributed by atoms with Crippen molar-refractivity contribution in [2.75, 3.05) is 12.4 Å². The molecule has 0 saturated carbocycles. The van der Waals surface area contributed by atoms with Gasteiger partial charge >= 0.3 is 0 Å². The van der Waals surface area contributed by atoms with E-state index in [0.29, 0.717) is 10.6 Å². The van der Waals surface area contributed by atoms with E-state index in [1.807, 2.05) is 0 Å². The smallest absolute Gasteiger partial charge is 0.269 e. The van der Waals surface area contributed by atoms with E-state index in [2.05, 4.69) is 10.6 Å². The van der Waals surface area contributed by atoms with Gasteiger partial charge in [0.25, 0.3) is 17.5 Å². The normalized spacial score (nSPS) is 9.95. The highest BCUT2D eigenvalue weighted by Gasteiger charge is 2.15. The van der Waals surface area contributed by atoms with Crippen LogP contribution in [0.15, 0.2) is 35.7 Å². The summed E-state index contributed by atoms with van der Waals surface area (Å²) in [6.07, 6.45) is 0. The van der Waals surface area contributed by atoms with Crippen molar-refractivity contribution >= 4 is 33.8 Å². The van der Waals surface area contributed by atoms with E-state index in [4.69, 9.17) is 0 Å². The maximum Gasteiger partial charge on any atom is 0.269 e. The van der Waals surface area contributed by atoms with Crippen molar-refractivity contribution < 1.29 is 14.5 Å². The number of non-ortho nitro benzene ring substituents is 1.